The third-order valence-corrected chi connectivity index (χ3v) is 8.67. The van der Waals surface area contributed by atoms with Crippen LogP contribution >= 0.6 is 0 Å². The Morgan fingerprint density at radius 1 is 0.860 bits per heavy atom. The number of methoxy groups -OCH3 is 2. The van der Waals surface area contributed by atoms with Crippen molar-refractivity contribution in [2.24, 2.45) is 0 Å². The van der Waals surface area contributed by atoms with Crippen molar-refractivity contribution in [1.29, 1.82) is 0 Å². The van der Waals surface area contributed by atoms with Crippen molar-refractivity contribution in [3.05, 3.63) is 69.3 Å². The van der Waals surface area contributed by atoms with Gasteiger partial charge in [0, 0.05) is 36.7 Å². The Hall–Kier alpha value is -4.73. The highest BCUT2D eigenvalue weighted by molar-refractivity contribution is 6.05. The van der Waals surface area contributed by atoms with Gasteiger partial charge in [0.2, 0.25) is 5.91 Å². The van der Waals surface area contributed by atoms with Crippen LogP contribution in [0.1, 0.15) is 87.7 Å². The second-order valence-corrected chi connectivity index (χ2v) is 11.5. The smallest absolute Gasteiger partial charge is 0.340 e. The number of likely N-dealkylation sites (N-methyl/N-ethyl adjacent to an activating group) is 1. The van der Waals surface area contributed by atoms with Crippen molar-refractivity contribution in [3.63, 3.8) is 0 Å². The molecule has 2 atom stereocenters. The highest BCUT2D eigenvalue weighted by Gasteiger charge is 2.49. The van der Waals surface area contributed by atoms with Crippen LogP contribution in [0.2, 0.25) is 0 Å². The number of nitrogens with one attached hydrogen (secondary N) is 2. The second-order valence-electron chi connectivity index (χ2n) is 11.5. The van der Waals surface area contributed by atoms with Gasteiger partial charge in [0.15, 0.2) is 0 Å². The van der Waals surface area contributed by atoms with E-state index in [1.165, 1.54) is 14.2 Å². The summed E-state index contributed by atoms with van der Waals surface area (Å²) in [6.07, 6.45) is 2.65. The molecule has 10 nitrogen and oxygen atoms in total. The van der Waals surface area contributed by atoms with Gasteiger partial charge in [-0.05, 0) is 81.2 Å². The van der Waals surface area contributed by atoms with Crippen LogP contribution in [0.5, 0.6) is 0 Å². The quantitative estimate of drug-likeness (QED) is 0.382. The lowest BCUT2D eigenvalue weighted by atomic mass is 9.72. The van der Waals surface area contributed by atoms with Crippen molar-refractivity contribution in [3.8, 4) is 0 Å². The van der Waals surface area contributed by atoms with Gasteiger partial charge in [-0.2, -0.15) is 0 Å². The van der Waals surface area contributed by atoms with Crippen molar-refractivity contribution < 1.29 is 23.9 Å². The van der Waals surface area contributed by atoms with Gasteiger partial charge in [0.05, 0.1) is 58.9 Å². The topological polar surface area (TPSA) is 130 Å². The van der Waals surface area contributed by atoms with Crippen LogP contribution in [0.4, 0.5) is 0 Å². The van der Waals surface area contributed by atoms with Crippen LogP contribution in [-0.4, -0.2) is 71.0 Å². The Kier molecular flexibility index (Phi) is 7.50. The summed E-state index contributed by atoms with van der Waals surface area (Å²) in [5.74, 6) is -1.33. The zero-order chi connectivity index (χ0) is 31.4. The molecule has 0 unspecified atom stereocenters. The van der Waals surface area contributed by atoms with E-state index in [-0.39, 0.29) is 11.8 Å². The van der Waals surface area contributed by atoms with Gasteiger partial charge >= 0.3 is 11.9 Å². The van der Waals surface area contributed by atoms with E-state index in [2.05, 4.69) is 16.9 Å². The molecule has 5 heterocycles. The van der Waals surface area contributed by atoms with Crippen LogP contribution in [0.25, 0.3) is 33.7 Å². The molecule has 2 aliphatic rings. The molecular formula is C33H37N5O5. The third-order valence-electron chi connectivity index (χ3n) is 8.67. The summed E-state index contributed by atoms with van der Waals surface area (Å²) in [5, 5.41) is 0. The Labute approximate surface area is 250 Å². The number of amides is 1. The fourth-order valence-electron chi connectivity index (χ4n) is 6.32. The summed E-state index contributed by atoms with van der Waals surface area (Å²) >= 11 is 0. The van der Waals surface area contributed by atoms with E-state index in [1.807, 2.05) is 52.0 Å². The first-order valence-electron chi connectivity index (χ1n) is 14.2. The molecule has 8 bridgehead atoms. The van der Waals surface area contributed by atoms with Crippen LogP contribution < -0.4 is 0 Å². The molecule has 10 heteroatoms. The fourth-order valence-corrected chi connectivity index (χ4v) is 6.32. The van der Waals surface area contributed by atoms with Crippen LogP contribution in [0.3, 0.4) is 0 Å². The number of hydrogen-bond acceptors (Lipinski definition) is 7. The Morgan fingerprint density at radius 2 is 1.42 bits per heavy atom. The normalized spacial score (nSPS) is 17.8. The number of hydrogen-bond donors (Lipinski definition) is 2. The first-order valence-corrected chi connectivity index (χ1v) is 14.2. The number of carbonyl (C=O) groups is 3. The molecule has 0 saturated carbocycles. The molecule has 1 amide bonds. The average molecular weight is 584 g/mol. The molecule has 0 aromatic carbocycles. The van der Waals surface area contributed by atoms with E-state index in [9.17, 15) is 14.4 Å². The van der Waals surface area contributed by atoms with Gasteiger partial charge < -0.3 is 24.3 Å². The second kappa shape index (κ2) is 10.8. The molecule has 2 N–H and O–H groups in total. The van der Waals surface area contributed by atoms with Crippen molar-refractivity contribution in [2.45, 2.75) is 52.4 Å². The van der Waals surface area contributed by atoms with Gasteiger partial charge in [0.1, 0.15) is 0 Å². The average Bonchev–Trinajstić information content (AvgIpc) is 3.65. The van der Waals surface area contributed by atoms with E-state index in [4.69, 9.17) is 19.4 Å². The molecule has 0 spiro atoms. The first kappa shape index (κ1) is 29.8. The number of carbonyl (C=O) groups excluding carboxylic acids is 3. The van der Waals surface area contributed by atoms with Gasteiger partial charge in [-0.1, -0.05) is 6.92 Å². The van der Waals surface area contributed by atoms with Gasteiger partial charge in [0.25, 0.3) is 0 Å². The van der Waals surface area contributed by atoms with Gasteiger partial charge in [-0.15, -0.1) is 0 Å². The number of fused-ring (bicyclic) bond motifs is 8. The molecule has 5 rings (SSSR count). The summed E-state index contributed by atoms with van der Waals surface area (Å²) < 4.78 is 10.3. The summed E-state index contributed by atoms with van der Waals surface area (Å²) in [4.78, 5) is 58.1. The van der Waals surface area contributed by atoms with Crippen LogP contribution in [0, 0.1) is 13.8 Å². The fraction of sp³-hybridized carbons (Fsp3) is 0.364. The monoisotopic (exact) mass is 583 g/mol. The predicted molar refractivity (Wildman–Crippen MR) is 166 cm³/mol. The number of aryl methyl sites for hydroxylation is 2. The number of aromatic nitrogens is 4. The lowest BCUT2D eigenvalue weighted by Gasteiger charge is -2.32. The van der Waals surface area contributed by atoms with Crippen molar-refractivity contribution in [2.75, 3.05) is 28.3 Å². The molecule has 3 aromatic heterocycles. The van der Waals surface area contributed by atoms with E-state index in [1.54, 1.807) is 25.1 Å². The van der Waals surface area contributed by atoms with E-state index in [0.717, 1.165) is 17.0 Å². The Morgan fingerprint density at radius 3 is 1.93 bits per heavy atom. The number of H-pyrrole nitrogens is 2. The Bertz CT molecular complexity index is 1880. The minimum Gasteiger partial charge on any atom is -0.465 e. The number of ether oxygens (including phenoxy) is 2. The predicted octanol–water partition coefficient (Wildman–Crippen LogP) is 5.61. The molecular weight excluding hydrogens is 546 g/mol. The third kappa shape index (κ3) is 4.70. The molecule has 43 heavy (non-hydrogen) atoms. The lowest BCUT2D eigenvalue weighted by Crippen LogP contribution is -2.43. The molecule has 0 aliphatic carbocycles. The first-order chi connectivity index (χ1) is 20.3. The number of nitrogens with zero attached hydrogens (tertiary/aromatic N) is 3. The summed E-state index contributed by atoms with van der Waals surface area (Å²) in [7, 11) is 6.14. The highest BCUT2D eigenvalue weighted by Crippen LogP contribution is 2.46. The number of allylic oxidation sites excluding steroid dienone is 1. The molecule has 0 radical (unpaired) electrons. The van der Waals surface area contributed by atoms with Crippen molar-refractivity contribution >= 4 is 51.6 Å². The summed E-state index contributed by atoms with van der Waals surface area (Å²) in [6, 6.07) is 7.38. The summed E-state index contributed by atoms with van der Waals surface area (Å²) in [5.41, 5.74) is 6.94. The number of aromatic amines is 2. The number of esters is 2. The molecule has 3 aromatic rings. The molecule has 224 valence electrons. The standard InChI is InChI=1S/C33H37N5O5/c1-10-20-24-13-21-16(2)11-19(34-21)12-22-17(3)28(30(39)42-8)25(35-22)14-26-29(31(40)43-9)18(4)23(36-26)15-27(37-24)33(20,5)32(41)38(6)7/h11-15,20,35-36H,10H2,1-9H3/t20-,33-/m0/s1. The maximum absolute atomic E-state index is 13.8. The largest absolute Gasteiger partial charge is 0.465 e. The minimum absolute atomic E-state index is 0.0714. The van der Waals surface area contributed by atoms with E-state index >= 15 is 0 Å². The summed E-state index contributed by atoms with van der Waals surface area (Å²) in [6.45, 7) is 9.62. The maximum atomic E-state index is 13.8. The molecule has 0 fully saturated rings. The van der Waals surface area contributed by atoms with Crippen molar-refractivity contribution in [1.82, 2.24) is 24.8 Å². The van der Waals surface area contributed by atoms with Crippen LogP contribution in [-0.2, 0) is 19.7 Å². The van der Waals surface area contributed by atoms with Gasteiger partial charge in [-0.3, -0.25) is 9.78 Å². The molecule has 0 saturated heterocycles. The lowest BCUT2D eigenvalue weighted by molar-refractivity contribution is -0.135. The zero-order valence-corrected chi connectivity index (χ0v) is 26.1. The van der Waals surface area contributed by atoms with E-state index < -0.39 is 17.4 Å². The maximum Gasteiger partial charge on any atom is 0.340 e. The molecule has 2 aliphatic heterocycles. The Balaban J connectivity index is 2.02. The van der Waals surface area contributed by atoms with Crippen LogP contribution in [0.15, 0.2) is 24.3 Å². The minimum atomic E-state index is -0.969. The van der Waals surface area contributed by atoms with E-state index in [0.29, 0.717) is 62.1 Å². The highest BCUT2D eigenvalue weighted by atomic mass is 16.5. The SMILES string of the molecule is CC[C@H]1c2cc3nc(cc4[nH]c(cc5[nH]c(cc(n2)[C@@]1(C)C(=O)N(C)C)c(C)c5C(=O)OC)c(C(=O)OC)c4C)C=C3C. The zero-order valence-electron chi connectivity index (χ0n) is 26.1. The number of rotatable bonds is 4. The van der Waals surface area contributed by atoms with Gasteiger partial charge in [-0.25, -0.2) is 14.6 Å².